The topological polar surface area (TPSA) is 18.5 Å². The summed E-state index contributed by atoms with van der Waals surface area (Å²) in [4.78, 5) is 5.10. The predicted molar refractivity (Wildman–Crippen MR) is 80.1 cm³/mol. The van der Waals surface area contributed by atoms with E-state index in [-0.39, 0.29) is 5.54 Å². The van der Waals surface area contributed by atoms with Gasteiger partial charge in [-0.15, -0.1) is 0 Å². The average Bonchev–Trinajstić information content (AvgIpc) is 2.76. The summed E-state index contributed by atoms with van der Waals surface area (Å²) < 4.78 is 0. The quantitative estimate of drug-likeness (QED) is 0.752. The number of nitrogens with zero attached hydrogens (tertiary/aromatic N) is 2. The molecule has 1 heterocycles. The first-order valence-electron chi connectivity index (χ1n) is 7.56. The van der Waals surface area contributed by atoms with Gasteiger partial charge in [0.2, 0.25) is 0 Å². The highest BCUT2D eigenvalue weighted by Crippen LogP contribution is 2.08. The van der Waals surface area contributed by atoms with Crippen LogP contribution in [0, 0.1) is 0 Å². The van der Waals surface area contributed by atoms with Gasteiger partial charge in [0.05, 0.1) is 0 Å². The zero-order chi connectivity index (χ0) is 13.6. The van der Waals surface area contributed by atoms with E-state index in [9.17, 15) is 0 Å². The summed E-state index contributed by atoms with van der Waals surface area (Å²) >= 11 is 0. The van der Waals surface area contributed by atoms with Crippen LogP contribution in [0.2, 0.25) is 0 Å². The molecule has 0 saturated carbocycles. The van der Waals surface area contributed by atoms with Crippen molar-refractivity contribution in [3.63, 3.8) is 0 Å². The molecule has 0 amide bonds. The van der Waals surface area contributed by atoms with Gasteiger partial charge in [0.1, 0.15) is 0 Å². The molecule has 0 radical (unpaired) electrons. The zero-order valence-corrected chi connectivity index (χ0v) is 13.1. The Labute approximate surface area is 114 Å². The van der Waals surface area contributed by atoms with Crippen molar-refractivity contribution in [3.8, 4) is 0 Å². The summed E-state index contributed by atoms with van der Waals surface area (Å²) in [5.74, 6) is 0. The van der Waals surface area contributed by atoms with Crippen LogP contribution < -0.4 is 5.32 Å². The molecule has 3 heteroatoms. The van der Waals surface area contributed by atoms with E-state index in [1.807, 2.05) is 0 Å². The summed E-state index contributed by atoms with van der Waals surface area (Å²) in [5, 5.41) is 3.57. The van der Waals surface area contributed by atoms with Crippen LogP contribution in [0.1, 0.15) is 47.0 Å². The predicted octanol–water partition coefficient (Wildman–Crippen LogP) is 2.18. The lowest BCUT2D eigenvalue weighted by atomic mass is 10.1. The second-order valence-corrected chi connectivity index (χ2v) is 6.84. The van der Waals surface area contributed by atoms with Crippen LogP contribution in [0.25, 0.3) is 0 Å². The van der Waals surface area contributed by atoms with Crippen LogP contribution in [-0.2, 0) is 0 Å². The molecule has 108 valence electrons. The van der Waals surface area contributed by atoms with E-state index in [2.05, 4.69) is 49.9 Å². The molecule has 1 aliphatic heterocycles. The molecule has 18 heavy (non-hydrogen) atoms. The standard InChI is InChI=1S/C15H33N3/c1-14(8-9-16-15(2,3)4)17(5)12-13-18-10-6-7-11-18/h14,16H,6-13H2,1-5H3. The summed E-state index contributed by atoms with van der Waals surface area (Å²) in [7, 11) is 2.26. The van der Waals surface area contributed by atoms with Crippen molar-refractivity contribution in [1.29, 1.82) is 0 Å². The second kappa shape index (κ2) is 7.46. The fourth-order valence-electron chi connectivity index (χ4n) is 2.40. The Kier molecular flexibility index (Phi) is 6.61. The summed E-state index contributed by atoms with van der Waals surface area (Å²) in [6.07, 6.45) is 4.03. The fourth-order valence-corrected chi connectivity index (χ4v) is 2.40. The van der Waals surface area contributed by atoms with Crippen LogP contribution in [0.5, 0.6) is 0 Å². The Balaban J connectivity index is 2.10. The fraction of sp³-hybridized carbons (Fsp3) is 1.00. The van der Waals surface area contributed by atoms with E-state index in [0.717, 1.165) is 6.54 Å². The second-order valence-electron chi connectivity index (χ2n) is 6.84. The molecule has 0 bridgehead atoms. The highest BCUT2D eigenvalue weighted by molar-refractivity contribution is 4.74. The lowest BCUT2D eigenvalue weighted by Gasteiger charge is -2.28. The third-order valence-corrected chi connectivity index (χ3v) is 3.94. The van der Waals surface area contributed by atoms with Gasteiger partial charge in [-0.1, -0.05) is 0 Å². The van der Waals surface area contributed by atoms with E-state index in [1.165, 1.54) is 45.4 Å². The Hall–Kier alpha value is -0.120. The van der Waals surface area contributed by atoms with Gasteiger partial charge in [0.25, 0.3) is 0 Å². The van der Waals surface area contributed by atoms with Crippen LogP contribution in [0.4, 0.5) is 0 Å². The van der Waals surface area contributed by atoms with Gasteiger partial charge in [-0.2, -0.15) is 0 Å². The number of likely N-dealkylation sites (tertiary alicyclic amines) is 1. The third kappa shape index (κ3) is 6.72. The maximum atomic E-state index is 3.57. The van der Waals surface area contributed by atoms with Gasteiger partial charge in [-0.3, -0.25) is 0 Å². The van der Waals surface area contributed by atoms with Crippen molar-refractivity contribution in [3.05, 3.63) is 0 Å². The molecular formula is C15H33N3. The van der Waals surface area contributed by atoms with Gasteiger partial charge in [0, 0.05) is 24.7 Å². The zero-order valence-electron chi connectivity index (χ0n) is 13.1. The number of likely N-dealkylation sites (N-methyl/N-ethyl adjacent to an activating group) is 1. The number of hydrogen-bond donors (Lipinski definition) is 1. The van der Waals surface area contributed by atoms with Crippen LogP contribution in [0.3, 0.4) is 0 Å². The van der Waals surface area contributed by atoms with E-state index < -0.39 is 0 Å². The molecule has 1 saturated heterocycles. The smallest absolute Gasteiger partial charge is 0.0109 e. The van der Waals surface area contributed by atoms with Crippen molar-refractivity contribution in [2.75, 3.05) is 39.8 Å². The molecule has 1 fully saturated rings. The Morgan fingerprint density at radius 3 is 2.39 bits per heavy atom. The molecule has 0 aromatic rings. The number of rotatable bonds is 7. The lowest BCUT2D eigenvalue weighted by molar-refractivity contribution is 0.204. The van der Waals surface area contributed by atoms with Crippen molar-refractivity contribution < 1.29 is 0 Å². The molecule has 1 atom stereocenters. The summed E-state index contributed by atoms with van der Waals surface area (Å²) in [6, 6.07) is 0.669. The van der Waals surface area contributed by atoms with E-state index in [4.69, 9.17) is 0 Å². The van der Waals surface area contributed by atoms with Crippen LogP contribution >= 0.6 is 0 Å². The minimum absolute atomic E-state index is 0.244. The highest BCUT2D eigenvalue weighted by atomic mass is 15.2. The lowest BCUT2D eigenvalue weighted by Crippen LogP contribution is -2.41. The molecule has 3 nitrogen and oxygen atoms in total. The minimum Gasteiger partial charge on any atom is -0.312 e. The molecule has 1 rings (SSSR count). The highest BCUT2D eigenvalue weighted by Gasteiger charge is 2.15. The Morgan fingerprint density at radius 2 is 1.83 bits per heavy atom. The molecule has 0 aromatic heterocycles. The first kappa shape index (κ1) is 15.9. The molecular weight excluding hydrogens is 222 g/mol. The van der Waals surface area contributed by atoms with Gasteiger partial charge in [0.15, 0.2) is 0 Å². The normalized spacial score (nSPS) is 19.7. The summed E-state index contributed by atoms with van der Waals surface area (Å²) in [5.41, 5.74) is 0.244. The van der Waals surface area contributed by atoms with E-state index in [0.29, 0.717) is 6.04 Å². The maximum absolute atomic E-state index is 3.57. The first-order valence-corrected chi connectivity index (χ1v) is 7.56. The molecule has 1 unspecified atom stereocenters. The maximum Gasteiger partial charge on any atom is 0.0109 e. The van der Waals surface area contributed by atoms with Crippen molar-refractivity contribution in [2.45, 2.75) is 58.5 Å². The molecule has 0 aliphatic carbocycles. The molecule has 1 aliphatic rings. The monoisotopic (exact) mass is 255 g/mol. The molecule has 0 spiro atoms. The van der Waals surface area contributed by atoms with Crippen LogP contribution in [0.15, 0.2) is 0 Å². The Morgan fingerprint density at radius 1 is 1.22 bits per heavy atom. The van der Waals surface area contributed by atoms with Crippen molar-refractivity contribution in [1.82, 2.24) is 15.1 Å². The van der Waals surface area contributed by atoms with Crippen molar-refractivity contribution >= 4 is 0 Å². The average molecular weight is 255 g/mol. The summed E-state index contributed by atoms with van der Waals surface area (Å²) in [6.45, 7) is 15.2. The van der Waals surface area contributed by atoms with Gasteiger partial charge < -0.3 is 15.1 Å². The van der Waals surface area contributed by atoms with Crippen molar-refractivity contribution in [2.24, 2.45) is 0 Å². The van der Waals surface area contributed by atoms with E-state index in [1.54, 1.807) is 0 Å². The van der Waals surface area contributed by atoms with E-state index >= 15 is 0 Å². The number of nitrogens with one attached hydrogen (secondary N) is 1. The van der Waals surface area contributed by atoms with Gasteiger partial charge >= 0.3 is 0 Å². The molecule has 1 N–H and O–H groups in total. The first-order chi connectivity index (χ1) is 8.38. The molecule has 0 aromatic carbocycles. The minimum atomic E-state index is 0.244. The Bertz CT molecular complexity index is 216. The van der Waals surface area contributed by atoms with Crippen LogP contribution in [-0.4, -0.2) is 61.2 Å². The largest absolute Gasteiger partial charge is 0.312 e. The SMILES string of the molecule is CC(CCNC(C)(C)C)N(C)CCN1CCCC1. The van der Waals surface area contributed by atoms with Gasteiger partial charge in [-0.05, 0) is 73.6 Å². The van der Waals surface area contributed by atoms with Gasteiger partial charge in [-0.25, -0.2) is 0 Å². The number of hydrogen-bond acceptors (Lipinski definition) is 3. The third-order valence-electron chi connectivity index (χ3n) is 3.94.